The number of nitrogens with zero attached hydrogens (tertiary/aromatic N) is 3. The van der Waals surface area contributed by atoms with Gasteiger partial charge in [0.25, 0.3) is 5.91 Å². The molecule has 7 nitrogen and oxygen atoms in total. The van der Waals surface area contributed by atoms with Crippen molar-refractivity contribution >= 4 is 22.3 Å². The zero-order chi connectivity index (χ0) is 19.4. The summed E-state index contributed by atoms with van der Waals surface area (Å²) in [7, 11) is -3.61. The molecule has 0 aliphatic carbocycles. The van der Waals surface area contributed by atoms with Gasteiger partial charge >= 0.3 is 0 Å². The van der Waals surface area contributed by atoms with Crippen LogP contribution >= 0.6 is 0 Å². The second kappa shape index (κ2) is 8.39. The molecule has 8 heteroatoms. The van der Waals surface area contributed by atoms with Gasteiger partial charge in [-0.1, -0.05) is 19.4 Å². The Morgan fingerprint density at radius 3 is 2.56 bits per heavy atom. The summed E-state index contributed by atoms with van der Waals surface area (Å²) in [6.07, 6.45) is 4.39. The molecular weight excluding hydrogens is 366 g/mol. The first-order chi connectivity index (χ1) is 13.0. The molecule has 2 aliphatic rings. The van der Waals surface area contributed by atoms with Crippen LogP contribution in [0.15, 0.2) is 29.2 Å². The maximum Gasteiger partial charge on any atom is 0.254 e. The lowest BCUT2D eigenvalue weighted by molar-refractivity contribution is -0.119. The topological polar surface area (TPSA) is 78.0 Å². The second-order valence-corrected chi connectivity index (χ2v) is 9.03. The fourth-order valence-corrected chi connectivity index (χ4v) is 5.65. The zero-order valence-corrected chi connectivity index (χ0v) is 16.5. The number of hydrogen-bond donors (Lipinski definition) is 0. The van der Waals surface area contributed by atoms with E-state index in [1.807, 2.05) is 6.92 Å². The highest BCUT2D eigenvalue weighted by molar-refractivity contribution is 7.89. The van der Waals surface area contributed by atoms with Crippen LogP contribution in [0.5, 0.6) is 0 Å². The van der Waals surface area contributed by atoms with Crippen molar-refractivity contribution in [2.24, 2.45) is 0 Å². The first kappa shape index (κ1) is 19.8. The Kier molecular flexibility index (Phi) is 6.16. The molecule has 0 bridgehead atoms. The van der Waals surface area contributed by atoms with Gasteiger partial charge in [0.05, 0.1) is 4.90 Å². The van der Waals surface area contributed by atoms with E-state index in [9.17, 15) is 18.0 Å². The minimum Gasteiger partial charge on any atom is -0.342 e. The molecule has 0 N–H and O–H groups in total. The average Bonchev–Trinajstić information content (AvgIpc) is 2.73. The maximum atomic E-state index is 13.1. The summed E-state index contributed by atoms with van der Waals surface area (Å²) in [5, 5.41) is 0. The van der Waals surface area contributed by atoms with Crippen LogP contribution in [0.2, 0.25) is 0 Å². The fourth-order valence-electron chi connectivity index (χ4n) is 3.84. The Labute approximate surface area is 161 Å². The van der Waals surface area contributed by atoms with Crippen LogP contribution in [0.1, 0.15) is 43.0 Å². The highest BCUT2D eigenvalue weighted by Crippen LogP contribution is 2.27. The minimum atomic E-state index is -3.61. The Hall–Kier alpha value is -1.93. The highest BCUT2D eigenvalue weighted by Gasteiger charge is 2.33. The Morgan fingerprint density at radius 1 is 1.15 bits per heavy atom. The SMILES string of the molecule is CCC1CCCCN1S(=O)(=O)c1cccc(C(=O)N2CCN(C=O)CC2)c1. The van der Waals surface area contributed by atoms with Crippen LogP contribution < -0.4 is 0 Å². The molecule has 148 valence electrons. The lowest BCUT2D eigenvalue weighted by Crippen LogP contribution is -2.48. The monoisotopic (exact) mass is 393 g/mol. The Bertz CT molecular complexity index is 788. The standard InChI is InChI=1S/C19H27N3O4S/c1-2-17-7-3-4-9-22(17)27(25,26)18-8-5-6-16(14-18)19(24)21-12-10-20(15-23)11-13-21/h5-6,8,14-15,17H,2-4,7,9-13H2,1H3. The van der Waals surface area contributed by atoms with Gasteiger partial charge in [-0.25, -0.2) is 8.42 Å². The van der Waals surface area contributed by atoms with Crippen LogP contribution in [0, 0.1) is 0 Å². The van der Waals surface area contributed by atoms with Crippen molar-refractivity contribution in [1.29, 1.82) is 0 Å². The van der Waals surface area contributed by atoms with Crippen molar-refractivity contribution in [1.82, 2.24) is 14.1 Å². The van der Waals surface area contributed by atoms with Crippen LogP contribution in [0.4, 0.5) is 0 Å². The normalized spacial score (nSPS) is 21.9. The van der Waals surface area contributed by atoms with Gasteiger partial charge in [0.15, 0.2) is 0 Å². The molecule has 1 aromatic rings. The summed E-state index contributed by atoms with van der Waals surface area (Å²) in [5.41, 5.74) is 0.376. The number of benzene rings is 1. The van der Waals surface area contributed by atoms with Gasteiger partial charge < -0.3 is 9.80 Å². The van der Waals surface area contributed by atoms with Crippen molar-refractivity contribution in [3.05, 3.63) is 29.8 Å². The van der Waals surface area contributed by atoms with E-state index in [1.54, 1.807) is 32.3 Å². The quantitative estimate of drug-likeness (QED) is 0.711. The van der Waals surface area contributed by atoms with Gasteiger partial charge in [0.1, 0.15) is 0 Å². The van der Waals surface area contributed by atoms with E-state index < -0.39 is 10.0 Å². The van der Waals surface area contributed by atoms with Gasteiger partial charge in [-0.15, -0.1) is 0 Å². The van der Waals surface area contributed by atoms with Gasteiger partial charge in [0, 0.05) is 44.3 Å². The molecule has 0 aromatic heterocycles. The van der Waals surface area contributed by atoms with E-state index in [1.165, 1.54) is 6.07 Å². The predicted molar refractivity (Wildman–Crippen MR) is 102 cm³/mol. The maximum absolute atomic E-state index is 13.1. The number of sulfonamides is 1. The van der Waals surface area contributed by atoms with Gasteiger partial charge in [-0.05, 0) is 37.5 Å². The van der Waals surface area contributed by atoms with Crippen LogP contribution in [0.25, 0.3) is 0 Å². The summed E-state index contributed by atoms with van der Waals surface area (Å²) in [5.74, 6) is -0.191. The molecular formula is C19H27N3O4S. The molecule has 2 heterocycles. The highest BCUT2D eigenvalue weighted by atomic mass is 32.2. The summed E-state index contributed by atoms with van der Waals surface area (Å²) in [4.78, 5) is 27.1. The zero-order valence-electron chi connectivity index (χ0n) is 15.7. The lowest BCUT2D eigenvalue weighted by Gasteiger charge is -2.34. The van der Waals surface area contributed by atoms with Crippen molar-refractivity contribution in [2.75, 3.05) is 32.7 Å². The third-order valence-electron chi connectivity index (χ3n) is 5.48. The van der Waals surface area contributed by atoms with E-state index in [4.69, 9.17) is 0 Å². The molecule has 1 aromatic carbocycles. The van der Waals surface area contributed by atoms with Crippen LogP contribution in [0.3, 0.4) is 0 Å². The van der Waals surface area contributed by atoms with E-state index >= 15 is 0 Å². The first-order valence-electron chi connectivity index (χ1n) is 9.58. The van der Waals surface area contributed by atoms with Crippen LogP contribution in [-0.2, 0) is 14.8 Å². The van der Waals surface area contributed by atoms with Crippen molar-refractivity contribution in [2.45, 2.75) is 43.5 Å². The van der Waals surface area contributed by atoms with E-state index in [2.05, 4.69) is 0 Å². The summed E-state index contributed by atoms with van der Waals surface area (Å²) >= 11 is 0. The molecule has 0 radical (unpaired) electrons. The van der Waals surface area contributed by atoms with Crippen molar-refractivity contribution < 1.29 is 18.0 Å². The molecule has 2 saturated heterocycles. The number of amides is 2. The van der Waals surface area contributed by atoms with Gasteiger partial charge in [-0.2, -0.15) is 4.31 Å². The molecule has 0 saturated carbocycles. The average molecular weight is 394 g/mol. The van der Waals surface area contributed by atoms with E-state index in [0.29, 0.717) is 38.3 Å². The van der Waals surface area contributed by atoms with Crippen LogP contribution in [-0.4, -0.2) is 73.6 Å². The fraction of sp³-hybridized carbons (Fsp3) is 0.579. The Balaban J connectivity index is 1.80. The molecule has 1 atom stereocenters. The number of hydrogen-bond acceptors (Lipinski definition) is 4. The number of carbonyl (C=O) groups is 2. The number of piperidine rings is 1. The molecule has 3 rings (SSSR count). The third-order valence-corrected chi connectivity index (χ3v) is 7.43. The Morgan fingerprint density at radius 2 is 1.89 bits per heavy atom. The van der Waals surface area contributed by atoms with E-state index in [-0.39, 0.29) is 16.8 Å². The number of carbonyl (C=O) groups excluding carboxylic acids is 2. The van der Waals surface area contributed by atoms with Crippen molar-refractivity contribution in [3.63, 3.8) is 0 Å². The molecule has 2 fully saturated rings. The number of rotatable bonds is 5. The molecule has 1 unspecified atom stereocenters. The summed E-state index contributed by atoms with van der Waals surface area (Å²) < 4.78 is 27.9. The van der Waals surface area contributed by atoms with E-state index in [0.717, 1.165) is 32.1 Å². The summed E-state index contributed by atoms with van der Waals surface area (Å²) in [6.45, 7) is 4.46. The molecule has 2 amide bonds. The predicted octanol–water partition coefficient (Wildman–Crippen LogP) is 1.55. The lowest BCUT2D eigenvalue weighted by atomic mass is 10.0. The smallest absolute Gasteiger partial charge is 0.254 e. The second-order valence-electron chi connectivity index (χ2n) is 7.14. The molecule has 2 aliphatic heterocycles. The van der Waals surface area contributed by atoms with Gasteiger partial charge in [0.2, 0.25) is 16.4 Å². The summed E-state index contributed by atoms with van der Waals surface area (Å²) in [6, 6.07) is 6.37. The number of piperazine rings is 1. The van der Waals surface area contributed by atoms with Gasteiger partial charge in [-0.3, -0.25) is 9.59 Å². The molecule has 27 heavy (non-hydrogen) atoms. The molecule has 0 spiro atoms. The minimum absolute atomic E-state index is 0.0273. The third kappa shape index (κ3) is 4.16. The largest absolute Gasteiger partial charge is 0.342 e. The van der Waals surface area contributed by atoms with Crippen molar-refractivity contribution in [3.8, 4) is 0 Å². The first-order valence-corrected chi connectivity index (χ1v) is 11.0.